The van der Waals surface area contributed by atoms with E-state index in [9.17, 15) is 9.18 Å². The van der Waals surface area contributed by atoms with Gasteiger partial charge in [0.25, 0.3) is 0 Å². The number of benzene rings is 1. The van der Waals surface area contributed by atoms with Gasteiger partial charge in [0.2, 0.25) is 0 Å². The van der Waals surface area contributed by atoms with Crippen LogP contribution in [0.25, 0.3) is 0 Å². The summed E-state index contributed by atoms with van der Waals surface area (Å²) in [4.78, 5) is 11.9. The summed E-state index contributed by atoms with van der Waals surface area (Å²) in [6.07, 6.45) is 2.49. The Bertz CT molecular complexity index is 535. The third-order valence-electron chi connectivity index (χ3n) is 3.55. The second kappa shape index (κ2) is 7.64. The van der Waals surface area contributed by atoms with Crippen molar-refractivity contribution in [2.45, 2.75) is 51.7 Å². The molecule has 0 saturated carbocycles. The van der Waals surface area contributed by atoms with Crippen LogP contribution >= 0.6 is 0 Å². The lowest BCUT2D eigenvalue weighted by molar-refractivity contribution is 0.0636. The number of carbonyl (C=O) groups is 1. The van der Waals surface area contributed by atoms with Crippen LogP contribution in [0.1, 0.15) is 40.0 Å². The average molecular weight is 323 g/mol. The predicted molar refractivity (Wildman–Crippen MR) is 90.4 cm³/mol. The van der Waals surface area contributed by atoms with Gasteiger partial charge in [-0.2, -0.15) is 0 Å². The lowest BCUT2D eigenvalue weighted by atomic mass is 10.1. The molecule has 0 aromatic heterocycles. The highest BCUT2D eigenvalue weighted by molar-refractivity contribution is 5.89. The zero-order valence-corrected chi connectivity index (χ0v) is 14.0. The van der Waals surface area contributed by atoms with Gasteiger partial charge < -0.3 is 15.4 Å². The molecule has 128 valence electrons. The Morgan fingerprint density at radius 3 is 2.78 bits per heavy atom. The van der Waals surface area contributed by atoms with E-state index >= 15 is 0 Å². The average Bonchev–Trinajstić information content (AvgIpc) is 2.68. The first-order chi connectivity index (χ1) is 10.8. The molecule has 0 bridgehead atoms. The lowest BCUT2D eigenvalue weighted by Crippen LogP contribution is -2.28. The third-order valence-corrected chi connectivity index (χ3v) is 3.55. The van der Waals surface area contributed by atoms with Crippen LogP contribution in [-0.2, 0) is 4.74 Å². The maximum atomic E-state index is 13.6. The van der Waals surface area contributed by atoms with Crippen LogP contribution in [0.2, 0.25) is 0 Å². The van der Waals surface area contributed by atoms with Crippen molar-refractivity contribution in [2.24, 2.45) is 0 Å². The van der Waals surface area contributed by atoms with Gasteiger partial charge in [0.1, 0.15) is 11.4 Å². The number of amides is 1. The molecule has 0 spiro atoms. The number of hydrogen-bond acceptors (Lipinski definition) is 4. The van der Waals surface area contributed by atoms with Crippen molar-refractivity contribution in [1.29, 1.82) is 0 Å². The van der Waals surface area contributed by atoms with E-state index in [1.54, 1.807) is 26.8 Å². The fourth-order valence-corrected chi connectivity index (χ4v) is 2.54. The molecule has 1 unspecified atom stereocenters. The quantitative estimate of drug-likeness (QED) is 0.793. The highest BCUT2D eigenvalue weighted by atomic mass is 19.1. The van der Waals surface area contributed by atoms with E-state index in [1.165, 1.54) is 12.1 Å². The Morgan fingerprint density at radius 2 is 2.04 bits per heavy atom. The van der Waals surface area contributed by atoms with Crippen LogP contribution in [0.15, 0.2) is 18.2 Å². The first-order valence-corrected chi connectivity index (χ1v) is 8.10. The molecule has 1 fully saturated rings. The minimum Gasteiger partial charge on any atom is -0.444 e. The third kappa shape index (κ3) is 6.06. The molecule has 2 rings (SSSR count). The molecule has 1 amide bonds. The zero-order valence-electron chi connectivity index (χ0n) is 14.0. The van der Waals surface area contributed by atoms with Crippen molar-refractivity contribution in [3.05, 3.63) is 24.0 Å². The lowest BCUT2D eigenvalue weighted by Gasteiger charge is -2.22. The number of nitrogens with one attached hydrogen (secondary N) is 3. The molecule has 0 aliphatic carbocycles. The molecule has 1 heterocycles. The summed E-state index contributed by atoms with van der Waals surface area (Å²) in [5.41, 5.74) is 0.533. The number of rotatable bonds is 3. The van der Waals surface area contributed by atoms with Gasteiger partial charge in [0, 0.05) is 6.04 Å². The van der Waals surface area contributed by atoms with E-state index in [4.69, 9.17) is 4.74 Å². The molecule has 23 heavy (non-hydrogen) atoms. The molecule has 1 aliphatic heterocycles. The number of halogens is 1. The topological polar surface area (TPSA) is 62.4 Å². The molecule has 1 aromatic carbocycles. The summed E-state index contributed by atoms with van der Waals surface area (Å²) >= 11 is 0. The highest BCUT2D eigenvalue weighted by Gasteiger charge is 2.19. The van der Waals surface area contributed by atoms with Gasteiger partial charge in [-0.25, -0.2) is 9.18 Å². The first-order valence-electron chi connectivity index (χ1n) is 8.10. The molecule has 1 saturated heterocycles. The summed E-state index contributed by atoms with van der Waals surface area (Å²) in [5.74, 6) is -0.339. The highest BCUT2D eigenvalue weighted by Crippen LogP contribution is 2.26. The smallest absolute Gasteiger partial charge is 0.412 e. The SMILES string of the molecule is CC(C)(C)OC(=O)Nc1ccc(F)cc1NC1CCCNCC1. The van der Waals surface area contributed by atoms with E-state index in [0.717, 1.165) is 32.4 Å². The maximum absolute atomic E-state index is 13.6. The van der Waals surface area contributed by atoms with Crippen molar-refractivity contribution in [3.63, 3.8) is 0 Å². The second-order valence-corrected chi connectivity index (χ2v) is 6.84. The fraction of sp³-hybridized carbons (Fsp3) is 0.588. The number of ether oxygens (including phenoxy) is 1. The van der Waals surface area contributed by atoms with Crippen LogP contribution in [0.3, 0.4) is 0 Å². The normalized spacial score (nSPS) is 18.9. The molecular formula is C17H26FN3O2. The number of anilines is 2. The van der Waals surface area contributed by atoms with Gasteiger partial charge in [-0.15, -0.1) is 0 Å². The summed E-state index contributed by atoms with van der Waals surface area (Å²) in [7, 11) is 0. The van der Waals surface area contributed by atoms with Crippen LogP contribution in [0, 0.1) is 5.82 Å². The van der Waals surface area contributed by atoms with Gasteiger partial charge >= 0.3 is 6.09 Å². The van der Waals surface area contributed by atoms with E-state index in [1.807, 2.05) is 0 Å². The van der Waals surface area contributed by atoms with Crippen molar-refractivity contribution < 1.29 is 13.9 Å². The Labute approximate surface area is 137 Å². The van der Waals surface area contributed by atoms with Gasteiger partial charge in [-0.1, -0.05) is 0 Å². The van der Waals surface area contributed by atoms with Crippen molar-refractivity contribution in [1.82, 2.24) is 5.32 Å². The molecule has 0 radical (unpaired) electrons. The maximum Gasteiger partial charge on any atom is 0.412 e. The fourth-order valence-electron chi connectivity index (χ4n) is 2.54. The molecule has 5 nitrogen and oxygen atoms in total. The molecule has 3 N–H and O–H groups in total. The van der Waals surface area contributed by atoms with Gasteiger partial charge in [-0.3, -0.25) is 5.32 Å². The summed E-state index contributed by atoms with van der Waals surface area (Å²) in [6.45, 7) is 7.34. The minimum atomic E-state index is -0.579. The van der Waals surface area contributed by atoms with Crippen LogP contribution < -0.4 is 16.0 Å². The Morgan fingerprint density at radius 1 is 1.26 bits per heavy atom. The Balaban J connectivity index is 2.08. The molecule has 6 heteroatoms. The Hall–Kier alpha value is -1.82. The number of hydrogen-bond donors (Lipinski definition) is 3. The standard InChI is InChI=1S/C17H26FN3O2/c1-17(2,3)23-16(22)21-14-7-6-12(18)11-15(14)20-13-5-4-9-19-10-8-13/h6-7,11,13,19-20H,4-5,8-10H2,1-3H3,(H,21,22). The molecule has 1 aliphatic rings. The second-order valence-electron chi connectivity index (χ2n) is 6.84. The van der Waals surface area contributed by atoms with E-state index in [-0.39, 0.29) is 11.9 Å². The van der Waals surface area contributed by atoms with Crippen molar-refractivity contribution in [2.75, 3.05) is 23.7 Å². The summed E-state index contributed by atoms with van der Waals surface area (Å²) in [6, 6.07) is 4.54. The van der Waals surface area contributed by atoms with Crippen LogP contribution in [0.4, 0.5) is 20.6 Å². The van der Waals surface area contributed by atoms with Gasteiger partial charge in [0.15, 0.2) is 0 Å². The molecule has 1 atom stereocenters. The van der Waals surface area contributed by atoms with Crippen molar-refractivity contribution >= 4 is 17.5 Å². The first kappa shape index (κ1) is 17.5. The predicted octanol–water partition coefficient (Wildman–Crippen LogP) is 3.73. The van der Waals surface area contributed by atoms with Crippen LogP contribution in [-0.4, -0.2) is 30.8 Å². The summed E-state index contributed by atoms with van der Waals surface area (Å²) < 4.78 is 18.8. The monoisotopic (exact) mass is 323 g/mol. The number of carbonyl (C=O) groups excluding carboxylic acids is 1. The van der Waals surface area contributed by atoms with Gasteiger partial charge in [0.05, 0.1) is 11.4 Å². The van der Waals surface area contributed by atoms with Crippen LogP contribution in [0.5, 0.6) is 0 Å². The minimum absolute atomic E-state index is 0.256. The zero-order chi connectivity index (χ0) is 16.9. The Kier molecular flexibility index (Phi) is 5.82. The summed E-state index contributed by atoms with van der Waals surface area (Å²) in [5, 5.41) is 9.38. The largest absolute Gasteiger partial charge is 0.444 e. The molecular weight excluding hydrogens is 297 g/mol. The van der Waals surface area contributed by atoms with E-state index < -0.39 is 11.7 Å². The molecule has 1 aromatic rings. The van der Waals surface area contributed by atoms with Crippen molar-refractivity contribution in [3.8, 4) is 0 Å². The van der Waals surface area contributed by atoms with E-state index in [2.05, 4.69) is 16.0 Å². The van der Waals surface area contributed by atoms with E-state index in [0.29, 0.717) is 11.4 Å². The van der Waals surface area contributed by atoms with Gasteiger partial charge in [-0.05, 0) is 71.3 Å².